The predicted molar refractivity (Wildman–Crippen MR) is 139 cm³/mol. The molecular formula is C27H44N2S. The van der Waals surface area contributed by atoms with Gasteiger partial charge in [0.15, 0.2) is 0 Å². The van der Waals surface area contributed by atoms with Gasteiger partial charge in [0, 0.05) is 30.7 Å². The number of allylic oxidation sites excluding steroid dienone is 3. The van der Waals surface area contributed by atoms with Crippen molar-refractivity contribution in [1.29, 1.82) is 0 Å². The van der Waals surface area contributed by atoms with Gasteiger partial charge in [0.2, 0.25) is 0 Å². The summed E-state index contributed by atoms with van der Waals surface area (Å²) in [6.45, 7) is 17.7. The molecule has 0 spiro atoms. The molecule has 168 valence electrons. The van der Waals surface area contributed by atoms with Crippen molar-refractivity contribution >= 4 is 17.4 Å². The van der Waals surface area contributed by atoms with Gasteiger partial charge in [0.1, 0.15) is 0 Å². The van der Waals surface area contributed by atoms with Crippen molar-refractivity contribution in [2.45, 2.75) is 79.1 Å². The number of benzene rings is 1. The summed E-state index contributed by atoms with van der Waals surface area (Å²) in [5.74, 6) is 0.523. The van der Waals surface area contributed by atoms with E-state index in [0.29, 0.717) is 5.92 Å². The molecule has 0 saturated carbocycles. The van der Waals surface area contributed by atoms with Gasteiger partial charge in [-0.05, 0) is 62.1 Å². The lowest BCUT2D eigenvalue weighted by molar-refractivity contribution is 0.377. The molecule has 0 heterocycles. The Balaban J connectivity index is 2.83. The monoisotopic (exact) mass is 428 g/mol. The highest BCUT2D eigenvalue weighted by Crippen LogP contribution is 2.33. The lowest BCUT2D eigenvalue weighted by Gasteiger charge is -2.25. The Morgan fingerprint density at radius 2 is 1.97 bits per heavy atom. The van der Waals surface area contributed by atoms with E-state index >= 15 is 0 Å². The summed E-state index contributed by atoms with van der Waals surface area (Å²) in [4.78, 5) is 3.61. The molecule has 3 heteroatoms. The third kappa shape index (κ3) is 8.63. The van der Waals surface area contributed by atoms with Crippen LogP contribution < -0.4 is 5.32 Å². The Bertz CT molecular complexity index is 690. The largest absolute Gasteiger partial charge is 0.388 e. The molecular weight excluding hydrogens is 384 g/mol. The van der Waals surface area contributed by atoms with E-state index in [2.05, 4.69) is 87.8 Å². The SMILES string of the molecule is C=C(/C=C/CC(CC)c1cc(CC)ccc1NC)S/C(=C\CC)N(CC)CCCC. The number of hydrogen-bond donors (Lipinski definition) is 1. The topological polar surface area (TPSA) is 15.3 Å². The third-order valence-corrected chi connectivity index (χ3v) is 6.57. The van der Waals surface area contributed by atoms with E-state index < -0.39 is 0 Å². The zero-order valence-corrected chi connectivity index (χ0v) is 21.1. The number of aryl methyl sites for hydroxylation is 1. The second-order valence-electron chi connectivity index (χ2n) is 7.72. The first kappa shape index (κ1) is 26.4. The van der Waals surface area contributed by atoms with Crippen molar-refractivity contribution in [3.63, 3.8) is 0 Å². The van der Waals surface area contributed by atoms with Crippen molar-refractivity contribution in [2.75, 3.05) is 25.5 Å². The smallest absolute Gasteiger partial charge is 0.0714 e. The van der Waals surface area contributed by atoms with Gasteiger partial charge in [0.05, 0.1) is 5.03 Å². The van der Waals surface area contributed by atoms with Gasteiger partial charge in [-0.25, -0.2) is 0 Å². The van der Waals surface area contributed by atoms with Crippen molar-refractivity contribution in [3.05, 3.63) is 64.1 Å². The van der Waals surface area contributed by atoms with Crippen LogP contribution in [0.25, 0.3) is 0 Å². The van der Waals surface area contributed by atoms with E-state index in [1.807, 2.05) is 18.8 Å². The van der Waals surface area contributed by atoms with Crippen LogP contribution in [0.1, 0.15) is 83.8 Å². The van der Waals surface area contributed by atoms with Crippen LogP contribution in [0.15, 0.2) is 52.9 Å². The molecule has 1 atom stereocenters. The van der Waals surface area contributed by atoms with Crippen molar-refractivity contribution in [2.24, 2.45) is 0 Å². The molecule has 0 aliphatic carbocycles. The third-order valence-electron chi connectivity index (χ3n) is 5.54. The molecule has 1 N–H and O–H groups in total. The number of hydrogen-bond acceptors (Lipinski definition) is 3. The van der Waals surface area contributed by atoms with Crippen LogP contribution in [0, 0.1) is 0 Å². The van der Waals surface area contributed by atoms with Gasteiger partial charge in [0.25, 0.3) is 0 Å². The fourth-order valence-electron chi connectivity index (χ4n) is 3.63. The van der Waals surface area contributed by atoms with Crippen LogP contribution in [-0.2, 0) is 6.42 Å². The predicted octanol–water partition coefficient (Wildman–Crippen LogP) is 8.35. The van der Waals surface area contributed by atoms with Crippen molar-refractivity contribution in [1.82, 2.24) is 4.90 Å². The Morgan fingerprint density at radius 1 is 1.20 bits per heavy atom. The summed E-state index contributed by atoms with van der Waals surface area (Å²) < 4.78 is 0. The maximum absolute atomic E-state index is 4.33. The van der Waals surface area contributed by atoms with Gasteiger partial charge < -0.3 is 10.2 Å². The summed E-state index contributed by atoms with van der Waals surface area (Å²) in [6, 6.07) is 6.84. The quantitative estimate of drug-likeness (QED) is 0.282. The first-order valence-corrected chi connectivity index (χ1v) is 12.6. The molecule has 2 nitrogen and oxygen atoms in total. The first-order chi connectivity index (χ1) is 14.5. The van der Waals surface area contributed by atoms with Gasteiger partial charge in [-0.15, -0.1) is 0 Å². The van der Waals surface area contributed by atoms with E-state index in [1.165, 1.54) is 34.7 Å². The normalized spacial score (nSPS) is 12.9. The van der Waals surface area contributed by atoms with Crippen LogP contribution in [0.2, 0.25) is 0 Å². The molecule has 0 aliphatic heterocycles. The maximum atomic E-state index is 4.33. The van der Waals surface area contributed by atoms with Crippen LogP contribution in [0.4, 0.5) is 5.69 Å². The summed E-state index contributed by atoms with van der Waals surface area (Å²) in [7, 11) is 2.02. The summed E-state index contributed by atoms with van der Waals surface area (Å²) >= 11 is 1.81. The molecule has 30 heavy (non-hydrogen) atoms. The van der Waals surface area contributed by atoms with Crippen LogP contribution >= 0.6 is 11.8 Å². The number of nitrogens with one attached hydrogen (secondary N) is 1. The minimum Gasteiger partial charge on any atom is -0.388 e. The van der Waals surface area contributed by atoms with E-state index in [0.717, 1.165) is 43.7 Å². The zero-order valence-electron chi connectivity index (χ0n) is 20.3. The number of thioether (sulfide) groups is 1. The number of unbranched alkanes of at least 4 members (excludes halogenated alkanes) is 1. The summed E-state index contributed by atoms with van der Waals surface area (Å²) in [5, 5.41) is 4.73. The molecule has 0 bridgehead atoms. The van der Waals surface area contributed by atoms with Gasteiger partial charge in [-0.1, -0.05) is 82.8 Å². The molecule has 0 fully saturated rings. The molecule has 1 aromatic rings. The molecule has 0 aromatic heterocycles. The molecule has 1 aromatic carbocycles. The highest BCUT2D eigenvalue weighted by Gasteiger charge is 2.13. The number of nitrogens with zero attached hydrogens (tertiary/aromatic N) is 1. The standard InChI is InChI=1S/C27H44N2S/c1-8-13-20-29(12-5)27(15-9-2)30-22(6)16-14-17-24(11-4)25-21-23(10-3)18-19-26(25)28-7/h14-16,18-19,21,24,28H,6,8-13,17,20H2,1-5,7H3/b16-14+,27-15-. The Labute approximate surface area is 190 Å². The van der Waals surface area contributed by atoms with Gasteiger partial charge in [-0.2, -0.15) is 0 Å². The highest BCUT2D eigenvalue weighted by atomic mass is 32.2. The Hall–Kier alpha value is -1.61. The summed E-state index contributed by atoms with van der Waals surface area (Å²) in [5.41, 5.74) is 4.10. The first-order valence-electron chi connectivity index (χ1n) is 11.8. The van der Waals surface area contributed by atoms with E-state index in [9.17, 15) is 0 Å². The van der Waals surface area contributed by atoms with Gasteiger partial charge in [-0.3, -0.25) is 0 Å². The maximum Gasteiger partial charge on any atom is 0.0714 e. The van der Waals surface area contributed by atoms with Crippen LogP contribution in [0.3, 0.4) is 0 Å². The molecule has 0 aliphatic rings. The van der Waals surface area contributed by atoms with E-state index in [1.54, 1.807) is 0 Å². The Morgan fingerprint density at radius 3 is 2.53 bits per heavy atom. The Kier molecular flexibility index (Phi) is 13.4. The minimum atomic E-state index is 0.523. The molecule has 1 rings (SSSR count). The highest BCUT2D eigenvalue weighted by molar-refractivity contribution is 8.06. The molecule has 0 saturated heterocycles. The fraction of sp³-hybridized carbons (Fsp3) is 0.556. The van der Waals surface area contributed by atoms with E-state index in [4.69, 9.17) is 0 Å². The second kappa shape index (κ2) is 15.2. The number of anilines is 1. The van der Waals surface area contributed by atoms with E-state index in [-0.39, 0.29) is 0 Å². The zero-order chi connectivity index (χ0) is 22.4. The molecule has 0 amide bonds. The average molecular weight is 429 g/mol. The molecule has 0 radical (unpaired) electrons. The van der Waals surface area contributed by atoms with Crippen LogP contribution in [-0.4, -0.2) is 25.0 Å². The second-order valence-corrected chi connectivity index (χ2v) is 8.87. The summed E-state index contributed by atoms with van der Waals surface area (Å²) in [6.07, 6.45) is 13.6. The van der Waals surface area contributed by atoms with Crippen LogP contribution in [0.5, 0.6) is 0 Å². The van der Waals surface area contributed by atoms with Crippen molar-refractivity contribution in [3.8, 4) is 0 Å². The van der Waals surface area contributed by atoms with Crippen molar-refractivity contribution < 1.29 is 0 Å². The lowest BCUT2D eigenvalue weighted by atomic mass is 9.90. The fourth-order valence-corrected chi connectivity index (χ4v) is 4.66. The number of rotatable bonds is 15. The minimum absolute atomic E-state index is 0.523. The van der Waals surface area contributed by atoms with Gasteiger partial charge >= 0.3 is 0 Å². The lowest BCUT2D eigenvalue weighted by Crippen LogP contribution is -2.22. The average Bonchev–Trinajstić information content (AvgIpc) is 2.76. The molecule has 1 unspecified atom stereocenters.